The average Bonchev–Trinajstić information content (AvgIpc) is 3.70. The first kappa shape index (κ1) is 21.7. The molecule has 0 radical (unpaired) electrons. The summed E-state index contributed by atoms with van der Waals surface area (Å²) in [6, 6.07) is 46.8. The van der Waals surface area contributed by atoms with Gasteiger partial charge in [0.05, 0.1) is 26.8 Å². The van der Waals surface area contributed by atoms with Crippen molar-refractivity contribution in [3.05, 3.63) is 134 Å². The second kappa shape index (κ2) is 7.75. The number of pyridine rings is 1. The van der Waals surface area contributed by atoms with Gasteiger partial charge in [-0.15, -0.1) is 11.3 Å². The van der Waals surface area contributed by atoms with Gasteiger partial charge in [-0.3, -0.25) is 0 Å². The third-order valence-corrected chi connectivity index (χ3v) is 10.1. The van der Waals surface area contributed by atoms with Crippen molar-refractivity contribution in [2.45, 2.75) is 0 Å². The second-order valence-corrected chi connectivity index (χ2v) is 12.0. The van der Waals surface area contributed by atoms with E-state index < -0.39 is 0 Å². The van der Waals surface area contributed by atoms with E-state index in [1.807, 2.05) is 11.3 Å². The summed E-state index contributed by atoms with van der Waals surface area (Å²) in [6.07, 6.45) is 2.34. The Morgan fingerprint density at radius 3 is 2.07 bits per heavy atom. The molecular formula is C38H22N2S. The Bertz CT molecular complexity index is 2690. The van der Waals surface area contributed by atoms with Crippen LogP contribution < -0.4 is 0 Å². The molecule has 0 aliphatic rings. The lowest BCUT2D eigenvalue weighted by Crippen LogP contribution is -1.94. The Balaban J connectivity index is 1.50. The summed E-state index contributed by atoms with van der Waals surface area (Å²) >= 11 is 1.91. The van der Waals surface area contributed by atoms with Crippen LogP contribution in [0.3, 0.4) is 0 Å². The first-order valence-corrected chi connectivity index (χ1v) is 14.8. The van der Waals surface area contributed by atoms with Gasteiger partial charge in [0.1, 0.15) is 0 Å². The van der Waals surface area contributed by atoms with E-state index in [1.165, 1.54) is 85.6 Å². The van der Waals surface area contributed by atoms with Crippen molar-refractivity contribution < 1.29 is 0 Å². The van der Waals surface area contributed by atoms with Gasteiger partial charge < -0.3 is 8.97 Å². The number of thiophene rings is 1. The molecule has 0 saturated carbocycles. The fourth-order valence-electron chi connectivity index (χ4n) is 7.13. The maximum Gasteiger partial charge on any atom is 0.0714 e. The van der Waals surface area contributed by atoms with Crippen LogP contribution in [0.15, 0.2) is 134 Å². The molecule has 0 bridgehead atoms. The topological polar surface area (TPSA) is 9.34 Å². The molecule has 0 spiro atoms. The largest absolute Gasteiger partial charge is 0.313 e. The fourth-order valence-corrected chi connectivity index (χ4v) is 8.38. The lowest BCUT2D eigenvalue weighted by molar-refractivity contribution is 1.18. The molecule has 2 nitrogen and oxygen atoms in total. The lowest BCUT2D eigenvalue weighted by Gasteiger charge is -2.13. The summed E-state index contributed by atoms with van der Waals surface area (Å²) in [4.78, 5) is 0. The summed E-state index contributed by atoms with van der Waals surface area (Å²) in [7, 11) is 0. The van der Waals surface area contributed by atoms with Crippen LogP contribution in [0.4, 0.5) is 0 Å². The van der Waals surface area contributed by atoms with Gasteiger partial charge in [0.25, 0.3) is 0 Å². The van der Waals surface area contributed by atoms with Crippen molar-refractivity contribution in [3.8, 4) is 5.69 Å². The fraction of sp³-hybridized carbons (Fsp3) is 0. The van der Waals surface area contributed by atoms with Crippen LogP contribution in [-0.2, 0) is 0 Å². The number of hydrogen-bond donors (Lipinski definition) is 0. The Labute approximate surface area is 238 Å². The van der Waals surface area contributed by atoms with Crippen molar-refractivity contribution >= 4 is 91.3 Å². The predicted octanol–water partition coefficient (Wildman–Crippen LogP) is 10.9. The maximum atomic E-state index is 2.47. The van der Waals surface area contributed by atoms with E-state index >= 15 is 0 Å². The highest BCUT2D eigenvalue weighted by atomic mass is 32.1. The zero-order chi connectivity index (χ0) is 26.7. The molecule has 190 valence electrons. The molecule has 0 atom stereocenters. The first-order valence-electron chi connectivity index (χ1n) is 14.0. The number of fused-ring (bicyclic) bond motifs is 15. The van der Waals surface area contributed by atoms with Gasteiger partial charge in [0.15, 0.2) is 0 Å². The highest BCUT2D eigenvalue weighted by molar-refractivity contribution is 7.26. The molecule has 0 aliphatic heterocycles. The lowest BCUT2D eigenvalue weighted by atomic mass is 9.99. The van der Waals surface area contributed by atoms with E-state index in [4.69, 9.17) is 0 Å². The van der Waals surface area contributed by atoms with Crippen LogP contribution in [0.1, 0.15) is 0 Å². The Hall–Kier alpha value is -5.12. The van der Waals surface area contributed by atoms with Crippen LogP contribution >= 0.6 is 11.3 Å². The molecule has 0 saturated heterocycles. The summed E-state index contributed by atoms with van der Waals surface area (Å²) in [5, 5.41) is 11.7. The number of nitrogens with zero attached hydrogens (tertiary/aromatic N) is 2. The third kappa shape index (κ3) is 2.76. The molecule has 10 rings (SSSR count). The van der Waals surface area contributed by atoms with Crippen molar-refractivity contribution in [1.29, 1.82) is 0 Å². The molecule has 4 heterocycles. The normalized spacial score (nSPS) is 12.4. The summed E-state index contributed by atoms with van der Waals surface area (Å²) in [5.41, 5.74) is 6.23. The van der Waals surface area contributed by atoms with Crippen molar-refractivity contribution in [2.24, 2.45) is 0 Å². The van der Waals surface area contributed by atoms with Gasteiger partial charge in [-0.2, -0.15) is 0 Å². The maximum absolute atomic E-state index is 2.47. The van der Waals surface area contributed by atoms with Gasteiger partial charge in [0.2, 0.25) is 0 Å². The molecule has 0 fully saturated rings. The summed E-state index contributed by atoms with van der Waals surface area (Å²) in [6.45, 7) is 0. The van der Waals surface area contributed by atoms with Crippen molar-refractivity contribution in [3.63, 3.8) is 0 Å². The highest BCUT2D eigenvalue weighted by Crippen LogP contribution is 2.45. The quantitative estimate of drug-likeness (QED) is 0.184. The van der Waals surface area contributed by atoms with E-state index in [1.54, 1.807) is 0 Å². The monoisotopic (exact) mass is 538 g/mol. The number of hydrogen-bond acceptors (Lipinski definition) is 1. The van der Waals surface area contributed by atoms with E-state index in [-0.39, 0.29) is 0 Å². The minimum Gasteiger partial charge on any atom is -0.313 e. The zero-order valence-corrected chi connectivity index (χ0v) is 22.8. The van der Waals surface area contributed by atoms with Crippen LogP contribution in [0.2, 0.25) is 0 Å². The SMILES string of the molecule is c1ccc(-n2c3ccccc3c3cc4c(cc32)c2ccc3c5ccccc5sc3c2n2cc3ccccc3c42)cc1. The van der Waals surface area contributed by atoms with Gasteiger partial charge in [-0.05, 0) is 41.8 Å². The molecule has 0 N–H and O–H groups in total. The summed E-state index contributed by atoms with van der Waals surface area (Å²) < 4.78 is 7.58. The number of rotatable bonds is 1. The Morgan fingerprint density at radius 1 is 0.439 bits per heavy atom. The molecular weight excluding hydrogens is 516 g/mol. The molecule has 0 amide bonds. The van der Waals surface area contributed by atoms with Crippen LogP contribution in [0.5, 0.6) is 0 Å². The minimum absolute atomic E-state index is 1.18. The average molecular weight is 539 g/mol. The molecule has 41 heavy (non-hydrogen) atoms. The van der Waals surface area contributed by atoms with Gasteiger partial charge in [0, 0.05) is 59.7 Å². The molecule has 0 unspecified atom stereocenters. The van der Waals surface area contributed by atoms with Gasteiger partial charge in [-0.1, -0.05) is 91.0 Å². The molecule has 0 aliphatic carbocycles. The van der Waals surface area contributed by atoms with E-state index in [2.05, 4.69) is 143 Å². The highest BCUT2D eigenvalue weighted by Gasteiger charge is 2.20. The number of aromatic nitrogens is 2. The first-order chi connectivity index (χ1) is 20.3. The van der Waals surface area contributed by atoms with Crippen molar-refractivity contribution in [1.82, 2.24) is 8.97 Å². The molecule has 6 aromatic carbocycles. The number of para-hydroxylation sites is 2. The van der Waals surface area contributed by atoms with Crippen LogP contribution in [-0.4, -0.2) is 8.97 Å². The third-order valence-electron chi connectivity index (χ3n) is 8.86. The van der Waals surface area contributed by atoms with Crippen LogP contribution in [0.25, 0.3) is 85.6 Å². The van der Waals surface area contributed by atoms with E-state index in [9.17, 15) is 0 Å². The smallest absolute Gasteiger partial charge is 0.0714 e. The van der Waals surface area contributed by atoms with E-state index in [0.717, 1.165) is 0 Å². The predicted molar refractivity (Wildman–Crippen MR) is 177 cm³/mol. The summed E-state index contributed by atoms with van der Waals surface area (Å²) in [5.74, 6) is 0. The minimum atomic E-state index is 1.18. The van der Waals surface area contributed by atoms with Gasteiger partial charge in [-0.25, -0.2) is 0 Å². The Kier molecular flexibility index (Phi) is 4.10. The Morgan fingerprint density at radius 2 is 1.17 bits per heavy atom. The molecule has 3 heteroatoms. The second-order valence-electron chi connectivity index (χ2n) is 11.0. The van der Waals surface area contributed by atoms with Gasteiger partial charge >= 0.3 is 0 Å². The van der Waals surface area contributed by atoms with Crippen molar-refractivity contribution in [2.75, 3.05) is 0 Å². The standard InChI is InChI=1S/C38H22N2S/c1-2-11-24(12-3-1)40-33-16-8-6-14-26(33)31-20-32-30(21-34(31)40)28-18-19-29-27-15-7-9-17-35(27)41-38(29)37(28)39-22-23-10-4-5-13-25(23)36(32)39/h1-22H. The van der Waals surface area contributed by atoms with E-state index in [0.29, 0.717) is 0 Å². The van der Waals surface area contributed by atoms with Crippen LogP contribution in [0, 0.1) is 0 Å². The zero-order valence-electron chi connectivity index (χ0n) is 22.0. The molecule has 4 aromatic heterocycles. The number of benzene rings is 6. The molecule has 10 aromatic rings.